The summed E-state index contributed by atoms with van der Waals surface area (Å²) in [5, 5.41) is 5.29. The Hall–Kier alpha value is -6.70. The van der Waals surface area contributed by atoms with Crippen LogP contribution < -0.4 is 10.6 Å². The second-order valence-corrected chi connectivity index (χ2v) is 11.0. The Balaban J connectivity index is 0.000000198. The molecule has 0 saturated heterocycles. The highest BCUT2D eigenvalue weighted by Gasteiger charge is 2.17. The number of alkyl carbamates (subject to hydrolysis) is 2. The second-order valence-electron chi connectivity index (χ2n) is 11.0. The molecule has 0 aliphatic rings. The van der Waals surface area contributed by atoms with Gasteiger partial charge in [-0.25, -0.2) is 29.1 Å². The molecule has 2 heterocycles. The van der Waals surface area contributed by atoms with E-state index in [4.69, 9.17) is 18.9 Å². The van der Waals surface area contributed by atoms with Crippen molar-refractivity contribution >= 4 is 46.2 Å². The number of aromatic amines is 1. The third-order valence-corrected chi connectivity index (χ3v) is 7.59. The van der Waals surface area contributed by atoms with Crippen LogP contribution in [0.2, 0.25) is 0 Å². The number of methoxy groups -OCH3 is 2. The number of imidazole rings is 2. The van der Waals surface area contributed by atoms with Crippen LogP contribution in [0.5, 0.6) is 0 Å². The van der Waals surface area contributed by atoms with Crippen molar-refractivity contribution in [3.8, 4) is 0 Å². The Labute approximate surface area is 292 Å². The van der Waals surface area contributed by atoms with Crippen molar-refractivity contribution in [2.24, 2.45) is 7.05 Å². The highest BCUT2D eigenvalue weighted by Crippen LogP contribution is 2.20. The SMILES string of the molecule is COC(=O)c1cccc2[nH]c(CNC(=O)OCc3ccccc3)nc12.COC(=O)c1cccc2c1nc(CNC(=O)OCc1ccccc1)n2C. The molecule has 0 unspecified atom stereocenters. The number of carbonyl (C=O) groups excluding carboxylic acids is 4. The van der Waals surface area contributed by atoms with Crippen LogP contribution in [0.15, 0.2) is 97.1 Å². The lowest BCUT2D eigenvalue weighted by Gasteiger charge is -2.07. The minimum absolute atomic E-state index is 0.156. The number of hydrogen-bond donors (Lipinski definition) is 3. The molecule has 262 valence electrons. The number of aromatic nitrogens is 4. The average molecular weight is 693 g/mol. The molecule has 3 N–H and O–H groups in total. The molecule has 0 fully saturated rings. The number of nitrogens with zero attached hydrogens (tertiary/aromatic N) is 3. The van der Waals surface area contributed by atoms with Crippen LogP contribution in [0.4, 0.5) is 9.59 Å². The summed E-state index contributed by atoms with van der Waals surface area (Å²) in [4.78, 5) is 59.2. The van der Waals surface area contributed by atoms with Gasteiger partial charge in [-0.3, -0.25) is 0 Å². The van der Waals surface area contributed by atoms with Crippen molar-refractivity contribution in [1.29, 1.82) is 0 Å². The number of para-hydroxylation sites is 2. The summed E-state index contributed by atoms with van der Waals surface area (Å²) in [6.45, 7) is 0.726. The molecule has 2 amide bonds. The smallest absolute Gasteiger partial charge is 0.407 e. The van der Waals surface area contributed by atoms with Crippen molar-refractivity contribution in [3.63, 3.8) is 0 Å². The van der Waals surface area contributed by atoms with E-state index in [0.29, 0.717) is 39.3 Å². The minimum atomic E-state index is -0.544. The summed E-state index contributed by atoms with van der Waals surface area (Å²) in [6, 6.07) is 29.3. The molecule has 14 nitrogen and oxygen atoms in total. The molecular weight excluding hydrogens is 656 g/mol. The van der Waals surface area contributed by atoms with Crippen LogP contribution in [0.25, 0.3) is 22.1 Å². The Kier molecular flexibility index (Phi) is 11.9. The van der Waals surface area contributed by atoms with Crippen molar-refractivity contribution in [2.45, 2.75) is 26.3 Å². The van der Waals surface area contributed by atoms with Gasteiger partial charge in [-0.2, -0.15) is 0 Å². The largest absolute Gasteiger partial charge is 0.465 e. The highest BCUT2D eigenvalue weighted by molar-refractivity contribution is 6.02. The number of H-pyrrole nitrogens is 1. The minimum Gasteiger partial charge on any atom is -0.465 e. The zero-order valence-corrected chi connectivity index (χ0v) is 28.2. The van der Waals surface area contributed by atoms with E-state index in [9.17, 15) is 19.2 Å². The number of aryl methyl sites for hydroxylation is 1. The fourth-order valence-electron chi connectivity index (χ4n) is 4.99. The molecule has 0 atom stereocenters. The first-order chi connectivity index (χ1) is 24.8. The molecule has 0 bridgehead atoms. The van der Waals surface area contributed by atoms with Gasteiger partial charge in [-0.1, -0.05) is 72.8 Å². The van der Waals surface area contributed by atoms with Crippen LogP contribution in [-0.2, 0) is 52.3 Å². The summed E-state index contributed by atoms with van der Waals surface area (Å²) in [5.74, 6) is 0.213. The van der Waals surface area contributed by atoms with Crippen LogP contribution >= 0.6 is 0 Å². The van der Waals surface area contributed by atoms with Crippen LogP contribution in [0.1, 0.15) is 43.5 Å². The third-order valence-electron chi connectivity index (χ3n) is 7.59. The zero-order chi connectivity index (χ0) is 36.2. The van der Waals surface area contributed by atoms with E-state index in [1.807, 2.05) is 78.3 Å². The van der Waals surface area contributed by atoms with E-state index in [-0.39, 0.29) is 26.3 Å². The van der Waals surface area contributed by atoms with Gasteiger partial charge in [-0.15, -0.1) is 0 Å². The quantitative estimate of drug-likeness (QED) is 0.122. The molecule has 14 heteroatoms. The maximum Gasteiger partial charge on any atom is 0.407 e. The number of nitrogens with one attached hydrogen (secondary N) is 3. The summed E-state index contributed by atoms with van der Waals surface area (Å²) >= 11 is 0. The molecular formula is C37H36N6O8. The number of amides is 2. The lowest BCUT2D eigenvalue weighted by Crippen LogP contribution is -2.25. The number of hydrogen-bond acceptors (Lipinski definition) is 10. The molecule has 2 aromatic heterocycles. The van der Waals surface area contributed by atoms with Gasteiger partial charge in [0.2, 0.25) is 0 Å². The van der Waals surface area contributed by atoms with Gasteiger partial charge >= 0.3 is 24.1 Å². The van der Waals surface area contributed by atoms with E-state index in [1.165, 1.54) is 14.2 Å². The number of ether oxygens (including phenoxy) is 4. The van der Waals surface area contributed by atoms with Crippen LogP contribution in [0.3, 0.4) is 0 Å². The fourth-order valence-corrected chi connectivity index (χ4v) is 4.99. The Morgan fingerprint density at radius 1 is 0.647 bits per heavy atom. The number of carbonyl (C=O) groups is 4. The Morgan fingerprint density at radius 2 is 1.18 bits per heavy atom. The van der Waals surface area contributed by atoms with Gasteiger partial charge in [0.1, 0.15) is 35.9 Å². The van der Waals surface area contributed by atoms with E-state index in [1.54, 1.807) is 30.3 Å². The van der Waals surface area contributed by atoms with E-state index < -0.39 is 24.1 Å². The Bertz CT molecular complexity index is 2130. The van der Waals surface area contributed by atoms with Gasteiger partial charge in [0.15, 0.2) is 0 Å². The monoisotopic (exact) mass is 692 g/mol. The van der Waals surface area contributed by atoms with E-state index in [0.717, 1.165) is 16.6 Å². The number of benzene rings is 4. The van der Waals surface area contributed by atoms with Crippen LogP contribution in [-0.4, -0.2) is 57.9 Å². The molecule has 4 aromatic carbocycles. The van der Waals surface area contributed by atoms with Crippen molar-refractivity contribution in [3.05, 3.63) is 131 Å². The van der Waals surface area contributed by atoms with Gasteiger partial charge in [0.05, 0.1) is 49.5 Å². The normalized spacial score (nSPS) is 10.5. The third kappa shape index (κ3) is 9.26. The first-order valence-corrected chi connectivity index (χ1v) is 15.7. The van der Waals surface area contributed by atoms with Crippen molar-refractivity contribution < 1.29 is 38.1 Å². The predicted molar refractivity (Wildman–Crippen MR) is 186 cm³/mol. The van der Waals surface area contributed by atoms with Gasteiger partial charge in [0, 0.05) is 7.05 Å². The summed E-state index contributed by atoms with van der Waals surface area (Å²) < 4.78 is 21.7. The fraction of sp³-hybridized carbons (Fsp3) is 0.189. The zero-order valence-electron chi connectivity index (χ0n) is 28.2. The summed E-state index contributed by atoms with van der Waals surface area (Å²) in [6.07, 6.45) is -1.08. The molecule has 51 heavy (non-hydrogen) atoms. The van der Waals surface area contributed by atoms with Crippen LogP contribution in [0, 0.1) is 0 Å². The highest BCUT2D eigenvalue weighted by atomic mass is 16.6. The Morgan fingerprint density at radius 3 is 1.75 bits per heavy atom. The first kappa shape index (κ1) is 35.6. The lowest BCUT2D eigenvalue weighted by molar-refractivity contribution is 0.0594. The summed E-state index contributed by atoms with van der Waals surface area (Å²) in [7, 11) is 4.47. The van der Waals surface area contributed by atoms with E-state index in [2.05, 4.69) is 25.6 Å². The van der Waals surface area contributed by atoms with Gasteiger partial charge in [-0.05, 0) is 35.4 Å². The van der Waals surface area contributed by atoms with Crippen molar-refractivity contribution in [2.75, 3.05) is 14.2 Å². The van der Waals surface area contributed by atoms with E-state index >= 15 is 0 Å². The molecule has 6 aromatic rings. The number of esters is 2. The average Bonchev–Trinajstić information content (AvgIpc) is 3.75. The maximum absolute atomic E-state index is 11.9. The molecule has 0 aliphatic heterocycles. The summed E-state index contributed by atoms with van der Waals surface area (Å²) in [5.41, 5.74) is 5.09. The van der Waals surface area contributed by atoms with Gasteiger partial charge in [0.25, 0.3) is 0 Å². The molecule has 0 radical (unpaired) electrons. The standard InChI is InChI=1S/C19H19N3O4.C18H17N3O4/c1-22-15-10-6-9-14(18(23)25-2)17(15)21-16(22)11-20-19(24)26-12-13-7-4-3-5-8-13;1-24-17(22)13-8-5-9-14-16(13)21-15(20-14)10-19-18(23)25-11-12-6-3-2-4-7-12/h3-10H,11-12H2,1-2H3,(H,20,24);2-9H,10-11H2,1H3,(H,19,23)(H,20,21). The molecule has 0 spiro atoms. The van der Waals surface area contributed by atoms with Gasteiger partial charge < -0.3 is 39.1 Å². The number of fused-ring (bicyclic) bond motifs is 2. The number of rotatable bonds is 10. The predicted octanol–water partition coefficient (Wildman–Crippen LogP) is 5.56. The topological polar surface area (TPSA) is 176 Å². The lowest BCUT2D eigenvalue weighted by atomic mass is 10.2. The first-order valence-electron chi connectivity index (χ1n) is 15.7. The molecule has 0 saturated carbocycles. The van der Waals surface area contributed by atoms with Crippen molar-refractivity contribution in [1.82, 2.24) is 30.2 Å². The molecule has 6 rings (SSSR count). The second kappa shape index (κ2) is 17.1. The molecule has 0 aliphatic carbocycles. The maximum atomic E-state index is 11.9.